The van der Waals surface area contributed by atoms with Gasteiger partial charge in [-0.15, -0.1) is 5.10 Å². The molecule has 7 heteroatoms. The van der Waals surface area contributed by atoms with E-state index in [4.69, 9.17) is 0 Å². The van der Waals surface area contributed by atoms with Crippen LogP contribution in [0.4, 0.5) is 8.78 Å². The summed E-state index contributed by atoms with van der Waals surface area (Å²) in [4.78, 5) is 12.8. The van der Waals surface area contributed by atoms with E-state index in [0.717, 1.165) is 24.2 Å². The van der Waals surface area contributed by atoms with E-state index in [-0.39, 0.29) is 29.5 Å². The lowest BCUT2D eigenvalue weighted by atomic mass is 10.1. The predicted molar refractivity (Wildman–Crippen MR) is 100 cm³/mol. The van der Waals surface area contributed by atoms with Gasteiger partial charge in [-0.1, -0.05) is 29.5 Å². The minimum atomic E-state index is -0.616. The fourth-order valence-electron chi connectivity index (χ4n) is 3.31. The van der Waals surface area contributed by atoms with Crippen molar-refractivity contribution in [2.45, 2.75) is 38.1 Å². The summed E-state index contributed by atoms with van der Waals surface area (Å²) in [6, 6.07) is 12.8. The van der Waals surface area contributed by atoms with Gasteiger partial charge < -0.3 is 5.32 Å². The zero-order valence-electron chi connectivity index (χ0n) is 15.4. The number of rotatable bonds is 6. The normalized spacial score (nSPS) is 14.7. The number of nitrogens with one attached hydrogen (secondary N) is 1. The Morgan fingerprint density at radius 2 is 1.82 bits per heavy atom. The molecular formula is C21H20F2N4O. The summed E-state index contributed by atoms with van der Waals surface area (Å²) in [7, 11) is 0. The highest BCUT2D eigenvalue weighted by Crippen LogP contribution is 2.41. The molecule has 1 saturated carbocycles. The van der Waals surface area contributed by atoms with Crippen LogP contribution in [0.25, 0.3) is 5.69 Å². The van der Waals surface area contributed by atoms with Crippen molar-refractivity contribution >= 4 is 5.91 Å². The minimum Gasteiger partial charge on any atom is -0.348 e. The quantitative estimate of drug-likeness (QED) is 0.706. The van der Waals surface area contributed by atoms with E-state index in [1.54, 1.807) is 11.6 Å². The standard InChI is InChI=1S/C21H20F2N4O/c1-13(12-16-17(22)8-5-9-18(16)23)24-21(28)19-20(14-10-11-14)27(26-25-19)15-6-3-2-4-7-15/h2-9,13-14H,10-12H2,1H3,(H,24,28). The van der Waals surface area contributed by atoms with Crippen molar-refractivity contribution in [3.8, 4) is 5.69 Å². The number of carbonyl (C=O) groups is 1. The van der Waals surface area contributed by atoms with E-state index in [2.05, 4.69) is 15.6 Å². The first-order valence-electron chi connectivity index (χ1n) is 9.29. The third-order valence-electron chi connectivity index (χ3n) is 4.83. The first-order chi connectivity index (χ1) is 13.5. The number of carbonyl (C=O) groups excluding carboxylic acids is 1. The number of hydrogen-bond donors (Lipinski definition) is 1. The molecule has 1 aliphatic carbocycles. The minimum absolute atomic E-state index is 0.0364. The van der Waals surface area contributed by atoms with Crippen molar-refractivity contribution < 1.29 is 13.6 Å². The van der Waals surface area contributed by atoms with E-state index in [0.29, 0.717) is 0 Å². The molecule has 1 amide bonds. The Hall–Kier alpha value is -3.09. The summed E-state index contributed by atoms with van der Waals surface area (Å²) in [5, 5.41) is 11.1. The summed E-state index contributed by atoms with van der Waals surface area (Å²) in [5.74, 6) is -1.37. The molecule has 1 unspecified atom stereocenters. The number of aromatic nitrogens is 3. The predicted octanol–water partition coefficient (Wildman–Crippen LogP) is 3.78. The largest absolute Gasteiger partial charge is 0.348 e. The molecule has 0 radical (unpaired) electrons. The molecule has 28 heavy (non-hydrogen) atoms. The Morgan fingerprint density at radius 1 is 1.14 bits per heavy atom. The maximum absolute atomic E-state index is 13.9. The van der Waals surface area contributed by atoms with Crippen LogP contribution in [0.5, 0.6) is 0 Å². The van der Waals surface area contributed by atoms with Gasteiger partial charge in [0.25, 0.3) is 5.91 Å². The van der Waals surface area contributed by atoms with Gasteiger partial charge in [0.2, 0.25) is 0 Å². The van der Waals surface area contributed by atoms with Crippen LogP contribution >= 0.6 is 0 Å². The van der Waals surface area contributed by atoms with Crippen LogP contribution < -0.4 is 5.32 Å². The second kappa shape index (κ2) is 7.50. The molecular weight excluding hydrogens is 362 g/mol. The number of benzene rings is 2. The molecule has 1 aromatic heterocycles. The molecule has 2 aromatic carbocycles. The zero-order valence-corrected chi connectivity index (χ0v) is 15.4. The Bertz CT molecular complexity index is 979. The number of halogens is 2. The highest BCUT2D eigenvalue weighted by Gasteiger charge is 2.34. The third-order valence-corrected chi connectivity index (χ3v) is 4.83. The summed E-state index contributed by atoms with van der Waals surface area (Å²) >= 11 is 0. The number of amides is 1. The van der Waals surface area contributed by atoms with E-state index in [1.165, 1.54) is 18.2 Å². The molecule has 1 N–H and O–H groups in total. The van der Waals surface area contributed by atoms with Crippen LogP contribution in [-0.2, 0) is 6.42 Å². The molecule has 1 aliphatic rings. The van der Waals surface area contributed by atoms with Crippen LogP contribution in [0.2, 0.25) is 0 Å². The molecule has 0 bridgehead atoms. The summed E-state index contributed by atoms with van der Waals surface area (Å²) in [5.41, 5.74) is 1.86. The molecule has 0 spiro atoms. The van der Waals surface area contributed by atoms with Crippen molar-refractivity contribution in [2.75, 3.05) is 0 Å². The second-order valence-electron chi connectivity index (χ2n) is 7.12. The second-order valence-corrected chi connectivity index (χ2v) is 7.12. The molecule has 3 aromatic rings. The number of hydrogen-bond acceptors (Lipinski definition) is 3. The van der Waals surface area contributed by atoms with Gasteiger partial charge in [0.15, 0.2) is 5.69 Å². The number of para-hydroxylation sites is 1. The maximum atomic E-state index is 13.9. The maximum Gasteiger partial charge on any atom is 0.274 e. The average molecular weight is 382 g/mol. The lowest BCUT2D eigenvalue weighted by molar-refractivity contribution is 0.0933. The Balaban J connectivity index is 1.55. The third kappa shape index (κ3) is 3.65. The Morgan fingerprint density at radius 3 is 2.46 bits per heavy atom. The van der Waals surface area contributed by atoms with Gasteiger partial charge in [-0.05, 0) is 50.5 Å². The van der Waals surface area contributed by atoms with Crippen LogP contribution in [0.3, 0.4) is 0 Å². The fourth-order valence-corrected chi connectivity index (χ4v) is 3.31. The molecule has 1 atom stereocenters. The molecule has 5 nitrogen and oxygen atoms in total. The van der Waals surface area contributed by atoms with Crippen LogP contribution in [0, 0.1) is 11.6 Å². The van der Waals surface area contributed by atoms with Crippen molar-refractivity contribution in [3.63, 3.8) is 0 Å². The number of nitrogens with zero attached hydrogens (tertiary/aromatic N) is 3. The van der Waals surface area contributed by atoms with Crippen LogP contribution in [0.15, 0.2) is 48.5 Å². The van der Waals surface area contributed by atoms with Crippen LogP contribution in [0.1, 0.15) is 47.4 Å². The fraction of sp³-hybridized carbons (Fsp3) is 0.286. The SMILES string of the molecule is CC(Cc1c(F)cccc1F)NC(=O)c1nnn(-c2ccccc2)c1C1CC1. The van der Waals surface area contributed by atoms with Gasteiger partial charge >= 0.3 is 0 Å². The summed E-state index contributed by atoms with van der Waals surface area (Å²) in [6.07, 6.45) is 2.02. The highest BCUT2D eigenvalue weighted by atomic mass is 19.1. The van der Waals surface area contributed by atoms with Gasteiger partial charge in [-0.3, -0.25) is 4.79 Å². The molecule has 4 rings (SSSR count). The molecule has 1 fully saturated rings. The molecule has 0 saturated heterocycles. The summed E-state index contributed by atoms with van der Waals surface area (Å²) < 4.78 is 29.4. The summed E-state index contributed by atoms with van der Waals surface area (Å²) in [6.45, 7) is 1.71. The van der Waals surface area contributed by atoms with Gasteiger partial charge in [-0.2, -0.15) is 0 Å². The van der Waals surface area contributed by atoms with E-state index >= 15 is 0 Å². The van der Waals surface area contributed by atoms with Crippen molar-refractivity contribution in [3.05, 3.63) is 77.1 Å². The lowest BCUT2D eigenvalue weighted by Gasteiger charge is -2.15. The van der Waals surface area contributed by atoms with Crippen molar-refractivity contribution in [1.29, 1.82) is 0 Å². The van der Waals surface area contributed by atoms with Gasteiger partial charge in [0, 0.05) is 17.5 Å². The van der Waals surface area contributed by atoms with E-state index in [9.17, 15) is 13.6 Å². The van der Waals surface area contributed by atoms with Gasteiger partial charge in [0.1, 0.15) is 11.6 Å². The topological polar surface area (TPSA) is 59.8 Å². The monoisotopic (exact) mass is 382 g/mol. The first kappa shape index (κ1) is 18.3. The average Bonchev–Trinajstić information content (AvgIpc) is 3.43. The Labute approximate surface area is 161 Å². The van der Waals surface area contributed by atoms with E-state index < -0.39 is 17.7 Å². The van der Waals surface area contributed by atoms with E-state index in [1.807, 2.05) is 30.3 Å². The van der Waals surface area contributed by atoms with Crippen molar-refractivity contribution in [1.82, 2.24) is 20.3 Å². The van der Waals surface area contributed by atoms with Gasteiger partial charge in [-0.25, -0.2) is 13.5 Å². The highest BCUT2D eigenvalue weighted by molar-refractivity contribution is 5.93. The Kier molecular flexibility index (Phi) is 4.90. The van der Waals surface area contributed by atoms with Crippen molar-refractivity contribution in [2.24, 2.45) is 0 Å². The molecule has 0 aliphatic heterocycles. The smallest absolute Gasteiger partial charge is 0.274 e. The molecule has 144 valence electrons. The molecule has 1 heterocycles. The van der Waals surface area contributed by atoms with Gasteiger partial charge in [0.05, 0.1) is 11.4 Å². The zero-order chi connectivity index (χ0) is 19.7. The first-order valence-corrected chi connectivity index (χ1v) is 9.29. The van der Waals surface area contributed by atoms with Crippen LogP contribution in [-0.4, -0.2) is 26.9 Å². The lowest BCUT2D eigenvalue weighted by Crippen LogP contribution is -2.35.